The van der Waals surface area contributed by atoms with E-state index in [4.69, 9.17) is 5.73 Å². The Hall–Kier alpha value is -6.74. The highest BCUT2D eigenvalue weighted by atomic mass is 16.4. The molecule has 0 radical (unpaired) electrons. The first-order valence-corrected chi connectivity index (χ1v) is 20.8. The van der Waals surface area contributed by atoms with Gasteiger partial charge in [0.05, 0.1) is 37.9 Å². The van der Waals surface area contributed by atoms with Gasteiger partial charge in [0.15, 0.2) is 6.04 Å². The number of likely N-dealkylation sites (tertiary alicyclic amines) is 1. The van der Waals surface area contributed by atoms with E-state index in [1.165, 1.54) is 13.8 Å². The second-order valence-corrected chi connectivity index (χ2v) is 15.8. The van der Waals surface area contributed by atoms with E-state index >= 15 is 0 Å². The van der Waals surface area contributed by atoms with Gasteiger partial charge in [0.1, 0.15) is 42.3 Å². The number of carbonyl (C=O) groups is 10. The van der Waals surface area contributed by atoms with Crippen LogP contribution < -0.4 is 43.0 Å². The molecule has 1 aliphatic heterocycles. The number of aliphatic hydroxyl groups is 4. The Morgan fingerprint density at radius 1 is 0.697 bits per heavy atom. The Kier molecular flexibility index (Phi) is 19.9. The molecule has 1 aromatic heterocycles. The van der Waals surface area contributed by atoms with Crippen LogP contribution in [-0.4, -0.2) is 186 Å². The topological polar surface area (TPSA) is 421 Å². The van der Waals surface area contributed by atoms with Gasteiger partial charge in [-0.15, -0.1) is 0 Å². The van der Waals surface area contributed by atoms with Crippen LogP contribution in [0.15, 0.2) is 30.5 Å². The van der Waals surface area contributed by atoms with Gasteiger partial charge in [-0.3, -0.25) is 43.2 Å². The van der Waals surface area contributed by atoms with Gasteiger partial charge in [0.2, 0.25) is 47.3 Å². The fourth-order valence-corrected chi connectivity index (χ4v) is 6.81. The minimum atomic E-state index is -1.97. The highest BCUT2D eigenvalue weighted by Crippen LogP contribution is 2.23. The second kappa shape index (κ2) is 24.5. The maximum atomic E-state index is 14.4. The fourth-order valence-electron chi connectivity index (χ4n) is 6.81. The first kappa shape index (κ1) is 53.6. The summed E-state index contributed by atoms with van der Waals surface area (Å²) in [5.41, 5.74) is 6.64. The number of aliphatic hydroxyl groups excluding tert-OH is 4. The molecule has 1 saturated heterocycles. The Labute approximate surface area is 376 Å². The number of carbonyl (C=O) groups excluding carboxylic acids is 8. The van der Waals surface area contributed by atoms with E-state index in [0.29, 0.717) is 16.5 Å². The minimum Gasteiger partial charge on any atom is -0.481 e. The van der Waals surface area contributed by atoms with Crippen LogP contribution in [0.1, 0.15) is 52.5 Å². The number of hydrogen-bond acceptors (Lipinski definition) is 15. The predicted molar refractivity (Wildman–Crippen MR) is 227 cm³/mol. The van der Waals surface area contributed by atoms with Crippen LogP contribution in [0.4, 0.5) is 0 Å². The van der Waals surface area contributed by atoms with Crippen molar-refractivity contribution in [3.8, 4) is 0 Å². The van der Waals surface area contributed by atoms with Gasteiger partial charge in [0.25, 0.3) is 0 Å². The third-order valence-corrected chi connectivity index (χ3v) is 10.5. The monoisotopic (exact) mass is 934 g/mol. The molecule has 2 aromatic rings. The average Bonchev–Trinajstić information content (AvgIpc) is 3.92. The first-order valence-electron chi connectivity index (χ1n) is 20.8. The zero-order chi connectivity index (χ0) is 49.6. The molecule has 11 atom stereocenters. The largest absolute Gasteiger partial charge is 0.481 e. The lowest BCUT2D eigenvalue weighted by Crippen LogP contribution is -2.62. The summed E-state index contributed by atoms with van der Waals surface area (Å²) < 4.78 is 0. The Balaban J connectivity index is 1.86. The summed E-state index contributed by atoms with van der Waals surface area (Å²) in [4.78, 5) is 134. The van der Waals surface area contributed by atoms with Gasteiger partial charge in [0, 0.05) is 30.1 Å². The van der Waals surface area contributed by atoms with E-state index in [0.717, 1.165) is 18.7 Å². The molecule has 1 fully saturated rings. The Morgan fingerprint density at radius 3 is 1.79 bits per heavy atom. The van der Waals surface area contributed by atoms with Crippen molar-refractivity contribution in [1.29, 1.82) is 0 Å². The maximum absolute atomic E-state index is 14.4. The summed E-state index contributed by atoms with van der Waals surface area (Å²) in [6.45, 7) is 2.63. The third kappa shape index (κ3) is 14.6. The molecular formula is C40H58N10O16. The zero-order valence-corrected chi connectivity index (χ0v) is 36.5. The number of aromatic nitrogens is 1. The fraction of sp³-hybridized carbons (Fsp3) is 0.550. The van der Waals surface area contributed by atoms with Crippen molar-refractivity contribution < 1.29 is 78.6 Å². The van der Waals surface area contributed by atoms with Crippen molar-refractivity contribution in [2.24, 2.45) is 5.73 Å². The van der Waals surface area contributed by atoms with Gasteiger partial charge in [-0.25, -0.2) is 4.79 Å². The molecule has 0 spiro atoms. The summed E-state index contributed by atoms with van der Waals surface area (Å²) in [6.07, 6.45) is -2.61. The maximum Gasteiger partial charge on any atom is 0.328 e. The van der Waals surface area contributed by atoms with Gasteiger partial charge in [-0.2, -0.15) is 0 Å². The van der Waals surface area contributed by atoms with Crippen LogP contribution in [0.2, 0.25) is 0 Å². The summed E-state index contributed by atoms with van der Waals surface area (Å²) in [6, 6.07) is -7.29. The smallest absolute Gasteiger partial charge is 0.328 e. The molecule has 66 heavy (non-hydrogen) atoms. The van der Waals surface area contributed by atoms with Crippen LogP contribution in [-0.2, 0) is 54.4 Å². The van der Waals surface area contributed by atoms with Crippen molar-refractivity contribution in [1.82, 2.24) is 47.1 Å². The molecule has 0 saturated carbocycles. The molecule has 364 valence electrons. The quantitative estimate of drug-likeness (QED) is 0.0466. The molecule has 26 heteroatoms. The van der Waals surface area contributed by atoms with Crippen molar-refractivity contribution >= 4 is 70.1 Å². The van der Waals surface area contributed by atoms with E-state index in [9.17, 15) is 78.6 Å². The lowest BCUT2D eigenvalue weighted by atomic mass is 10.0. The number of nitrogens with one attached hydrogen (secondary N) is 8. The minimum absolute atomic E-state index is 0.0425. The summed E-state index contributed by atoms with van der Waals surface area (Å²) in [5, 5.41) is 75.4. The number of aromatic amines is 1. The number of hydrogen-bond donors (Lipinski definition) is 15. The Morgan fingerprint density at radius 2 is 1.24 bits per heavy atom. The lowest BCUT2D eigenvalue weighted by molar-refractivity contribution is -0.146. The van der Waals surface area contributed by atoms with Crippen LogP contribution >= 0.6 is 0 Å². The lowest BCUT2D eigenvalue weighted by Gasteiger charge is -2.31. The van der Waals surface area contributed by atoms with Crippen molar-refractivity contribution in [2.45, 2.75) is 120 Å². The van der Waals surface area contributed by atoms with Crippen LogP contribution in [0, 0.1) is 0 Å². The number of aliphatic carboxylic acids is 2. The average molecular weight is 935 g/mol. The normalized spacial score (nSPS) is 18.1. The van der Waals surface area contributed by atoms with Gasteiger partial charge in [-0.05, 0) is 52.2 Å². The standard InChI is InChI=1S/C40H58N10O16/c1-17(41)32(57)43-18(2)33(58)46-26(15-51)35(60)44-24(13-29(55)56)34(59)47-27(16-52)36(61)45-25(12-21-14-42-23-9-6-5-8-22(21)23)39(64)50-11-7-10-28(50)37(62)48-30(19(3)53)38(63)49-31(20(4)54)40(65)66/h5-6,8-9,14,17-20,24-28,30-31,42,51-54H,7,10-13,15-16,41H2,1-4H3,(H,43,57)(H,44,60)(H,45,61)(H,46,58)(H,47,59)(H,48,62)(H,49,63)(H,55,56)(H,65,66)/t17-,18-,19+,20+,24-,25-,26-,27-,28-,30-,31-/m0/s1. The number of nitrogens with zero attached hydrogens (tertiary/aromatic N) is 1. The second-order valence-electron chi connectivity index (χ2n) is 15.8. The molecule has 1 aliphatic rings. The number of benzene rings is 1. The third-order valence-electron chi connectivity index (χ3n) is 10.5. The van der Waals surface area contributed by atoms with Crippen molar-refractivity contribution in [2.75, 3.05) is 19.8 Å². The molecule has 0 unspecified atom stereocenters. The molecule has 26 nitrogen and oxygen atoms in total. The predicted octanol–water partition coefficient (Wildman–Crippen LogP) is -6.23. The number of H-pyrrole nitrogens is 1. The van der Waals surface area contributed by atoms with E-state index in [2.05, 4.69) is 42.2 Å². The summed E-state index contributed by atoms with van der Waals surface area (Å²) >= 11 is 0. The number of fused-ring (bicyclic) bond motifs is 1. The first-order chi connectivity index (χ1) is 31.0. The van der Waals surface area contributed by atoms with Crippen LogP contribution in [0.25, 0.3) is 10.9 Å². The van der Waals surface area contributed by atoms with E-state index in [-0.39, 0.29) is 25.8 Å². The zero-order valence-electron chi connectivity index (χ0n) is 36.5. The van der Waals surface area contributed by atoms with Crippen LogP contribution in [0.5, 0.6) is 0 Å². The number of amides is 8. The van der Waals surface area contributed by atoms with Gasteiger partial charge >= 0.3 is 11.9 Å². The summed E-state index contributed by atoms with van der Waals surface area (Å²) in [5.74, 6) is -11.5. The SMILES string of the molecule is C[C@H](N)C(=O)N[C@@H](C)C(=O)N[C@@H](CO)C(=O)N[C@@H](CC(=O)O)C(=O)N[C@@H](CO)C(=O)N[C@@H](Cc1c[nH]c2ccccc12)C(=O)N1CCC[C@H]1C(=O)N[C@H](C(=O)N[C@H](C(=O)O)[C@@H](C)O)[C@@H](C)O. The Bertz CT molecular complexity index is 2110. The number of carboxylic acids is 2. The molecular weight excluding hydrogens is 876 g/mol. The number of carboxylic acid groups (broad SMARTS) is 2. The number of nitrogens with two attached hydrogens (primary N) is 1. The highest BCUT2D eigenvalue weighted by molar-refractivity contribution is 5.99. The highest BCUT2D eigenvalue weighted by Gasteiger charge is 2.41. The van der Waals surface area contributed by atoms with E-state index < -0.39 is 145 Å². The molecule has 0 aliphatic carbocycles. The number of rotatable bonds is 24. The molecule has 1 aromatic carbocycles. The van der Waals surface area contributed by atoms with E-state index in [1.54, 1.807) is 30.5 Å². The molecule has 8 amide bonds. The van der Waals surface area contributed by atoms with E-state index in [1.807, 2.05) is 0 Å². The number of para-hydroxylation sites is 1. The van der Waals surface area contributed by atoms with Gasteiger partial charge < -0.3 is 83.5 Å². The summed E-state index contributed by atoms with van der Waals surface area (Å²) in [7, 11) is 0. The van der Waals surface area contributed by atoms with Crippen molar-refractivity contribution in [3.63, 3.8) is 0 Å². The molecule has 3 rings (SSSR count). The van der Waals surface area contributed by atoms with Crippen molar-refractivity contribution in [3.05, 3.63) is 36.0 Å². The molecule has 16 N–H and O–H groups in total. The molecule has 2 heterocycles. The van der Waals surface area contributed by atoms with Gasteiger partial charge in [-0.1, -0.05) is 18.2 Å². The van der Waals surface area contributed by atoms with Crippen LogP contribution in [0.3, 0.4) is 0 Å². The molecule has 0 bridgehead atoms.